The Morgan fingerprint density at radius 3 is 2.23 bits per heavy atom. The molecule has 31 heavy (non-hydrogen) atoms. The van der Waals surface area contributed by atoms with E-state index in [0.717, 1.165) is 5.56 Å². The predicted molar refractivity (Wildman–Crippen MR) is 112 cm³/mol. The van der Waals surface area contributed by atoms with Crippen LogP contribution in [0.5, 0.6) is 0 Å². The number of hydrogen-bond acceptors (Lipinski definition) is 6. The number of carboxylic acids is 1. The number of rotatable bonds is 5. The summed E-state index contributed by atoms with van der Waals surface area (Å²) in [5, 5.41) is 11.1. The second-order valence-electron chi connectivity index (χ2n) is 8.24. The summed E-state index contributed by atoms with van der Waals surface area (Å²) in [7, 11) is 0. The minimum absolute atomic E-state index is 0.124. The molecular weight excluding hydrogens is 400 g/mol. The molecule has 1 N–H and O–H groups in total. The molecule has 0 aliphatic carbocycles. The van der Waals surface area contributed by atoms with Crippen molar-refractivity contribution in [1.82, 2.24) is 4.90 Å². The Labute approximate surface area is 180 Å². The fourth-order valence-electron chi connectivity index (χ4n) is 3.93. The van der Waals surface area contributed by atoms with Gasteiger partial charge < -0.3 is 10.0 Å². The molecule has 8 heteroatoms. The lowest BCUT2D eigenvalue weighted by atomic mass is 9.73. The zero-order valence-corrected chi connectivity index (χ0v) is 17.6. The summed E-state index contributed by atoms with van der Waals surface area (Å²) in [6.07, 6.45) is 0.257. The highest BCUT2D eigenvalue weighted by Crippen LogP contribution is 2.36. The van der Waals surface area contributed by atoms with Crippen LogP contribution in [0.25, 0.3) is 0 Å². The third-order valence-corrected chi connectivity index (χ3v) is 5.91. The molecule has 8 nitrogen and oxygen atoms in total. The van der Waals surface area contributed by atoms with Crippen molar-refractivity contribution in [1.29, 1.82) is 0 Å². The van der Waals surface area contributed by atoms with Gasteiger partial charge in [0.15, 0.2) is 0 Å². The Bertz CT molecular complexity index is 923. The van der Waals surface area contributed by atoms with Gasteiger partial charge in [0.05, 0.1) is 11.1 Å². The van der Waals surface area contributed by atoms with Gasteiger partial charge in [-0.2, -0.15) is 4.89 Å². The molecule has 0 aromatic heterocycles. The van der Waals surface area contributed by atoms with Crippen LogP contribution in [0.4, 0.5) is 5.69 Å². The summed E-state index contributed by atoms with van der Waals surface area (Å²) < 4.78 is 0. The number of amides is 1. The lowest BCUT2D eigenvalue weighted by Crippen LogP contribution is -2.49. The average molecular weight is 426 g/mol. The molecule has 164 valence electrons. The van der Waals surface area contributed by atoms with Crippen molar-refractivity contribution in [2.24, 2.45) is 5.92 Å². The number of carbonyl (C=O) groups excluding carboxylic acids is 1. The molecule has 2 saturated heterocycles. The molecule has 2 aliphatic heterocycles. The molecular formula is C23H26N2O6. The van der Waals surface area contributed by atoms with Crippen molar-refractivity contribution in [3.05, 3.63) is 65.7 Å². The first-order chi connectivity index (χ1) is 14.9. The molecule has 2 aliphatic rings. The highest BCUT2D eigenvalue weighted by atomic mass is 17.4. The Balaban J connectivity index is 1.41. The molecule has 1 amide bonds. The van der Waals surface area contributed by atoms with Gasteiger partial charge in [0.1, 0.15) is 0 Å². The van der Waals surface area contributed by atoms with Crippen LogP contribution in [-0.4, -0.2) is 41.3 Å². The highest BCUT2D eigenvalue weighted by Gasteiger charge is 2.44. The minimum atomic E-state index is -0.959. The van der Waals surface area contributed by atoms with Crippen LogP contribution in [-0.2, 0) is 24.9 Å². The smallest absolute Gasteiger partial charge is 0.314 e. The molecule has 0 radical (unpaired) electrons. The van der Waals surface area contributed by atoms with E-state index in [9.17, 15) is 14.7 Å². The number of likely N-dealkylation sites (tertiary alicyclic amines) is 1. The highest BCUT2D eigenvalue weighted by molar-refractivity contribution is 5.95. The van der Waals surface area contributed by atoms with Crippen molar-refractivity contribution < 1.29 is 29.4 Å². The number of carbonyl (C=O) groups is 2. The Morgan fingerprint density at radius 2 is 1.68 bits per heavy atom. The molecule has 2 aromatic rings. The topological polar surface area (TPSA) is 88.5 Å². The normalized spacial score (nSPS) is 20.8. The number of nitrogens with zero attached hydrogens (tertiary/aromatic N) is 2. The number of hydrogen-bond donors (Lipinski definition) is 1. The summed E-state index contributed by atoms with van der Waals surface area (Å²) in [5.41, 5.74) is 0.949. The summed E-state index contributed by atoms with van der Waals surface area (Å²) in [6, 6.07) is 16.1. The van der Waals surface area contributed by atoms with Crippen molar-refractivity contribution in [3.63, 3.8) is 0 Å². The summed E-state index contributed by atoms with van der Waals surface area (Å²) >= 11 is 0. The molecule has 2 fully saturated rings. The average Bonchev–Trinajstić information content (AvgIpc) is 3.30. The van der Waals surface area contributed by atoms with Gasteiger partial charge in [0.25, 0.3) is 5.91 Å². The van der Waals surface area contributed by atoms with Crippen molar-refractivity contribution in [2.75, 3.05) is 18.3 Å². The van der Waals surface area contributed by atoms with Gasteiger partial charge in [0.2, 0.25) is 6.29 Å². The maximum Gasteiger partial charge on any atom is 0.314 e. The molecule has 1 unspecified atom stereocenters. The van der Waals surface area contributed by atoms with E-state index in [4.69, 9.17) is 14.7 Å². The van der Waals surface area contributed by atoms with E-state index < -0.39 is 17.7 Å². The van der Waals surface area contributed by atoms with Gasteiger partial charge in [0, 0.05) is 24.6 Å². The SMILES string of the molecule is CC(C)C1OON(c2ccc(C(=O)N3CCC(C(=O)O)(c4ccccc4)CC3)cc2)O1. The number of piperidine rings is 1. The summed E-state index contributed by atoms with van der Waals surface area (Å²) in [5.74, 6) is -0.848. The summed E-state index contributed by atoms with van der Waals surface area (Å²) in [6.45, 7) is 4.66. The quantitative estimate of drug-likeness (QED) is 0.732. The summed E-state index contributed by atoms with van der Waals surface area (Å²) in [4.78, 5) is 42.5. The molecule has 2 aromatic carbocycles. The van der Waals surface area contributed by atoms with Crippen LogP contribution in [0, 0.1) is 5.92 Å². The lowest BCUT2D eigenvalue weighted by Gasteiger charge is -2.39. The maximum absolute atomic E-state index is 13.0. The number of anilines is 1. The predicted octanol–water partition coefficient (Wildman–Crippen LogP) is 3.54. The van der Waals surface area contributed by atoms with Crippen LogP contribution in [0.1, 0.15) is 42.6 Å². The largest absolute Gasteiger partial charge is 0.481 e. The molecule has 2 heterocycles. The van der Waals surface area contributed by atoms with E-state index in [2.05, 4.69) is 0 Å². The van der Waals surface area contributed by atoms with Gasteiger partial charge >= 0.3 is 5.97 Å². The minimum Gasteiger partial charge on any atom is -0.481 e. The van der Waals surface area contributed by atoms with Gasteiger partial charge in [-0.15, -0.1) is 0 Å². The lowest BCUT2D eigenvalue weighted by molar-refractivity contribution is -0.291. The van der Waals surface area contributed by atoms with Gasteiger partial charge in [-0.3, -0.25) is 9.59 Å². The molecule has 4 rings (SSSR count). The van der Waals surface area contributed by atoms with Crippen LogP contribution in [0.3, 0.4) is 0 Å². The first-order valence-corrected chi connectivity index (χ1v) is 10.4. The van der Waals surface area contributed by atoms with E-state index in [-0.39, 0.29) is 11.8 Å². The molecule has 0 spiro atoms. The van der Waals surface area contributed by atoms with E-state index in [1.54, 1.807) is 29.2 Å². The third kappa shape index (κ3) is 4.14. The Hall–Kier alpha value is -2.94. The second-order valence-corrected chi connectivity index (χ2v) is 8.24. The Kier molecular flexibility index (Phi) is 5.95. The van der Waals surface area contributed by atoms with E-state index >= 15 is 0 Å². The van der Waals surface area contributed by atoms with Gasteiger partial charge in [-0.1, -0.05) is 54.4 Å². The second kappa shape index (κ2) is 8.66. The number of aliphatic carboxylic acids is 1. The first kappa shape index (κ1) is 21.3. The van der Waals surface area contributed by atoms with Crippen molar-refractivity contribution >= 4 is 17.6 Å². The van der Waals surface area contributed by atoms with E-state index in [1.807, 2.05) is 44.2 Å². The monoisotopic (exact) mass is 426 g/mol. The Morgan fingerprint density at radius 1 is 1.03 bits per heavy atom. The molecule has 1 atom stereocenters. The fraction of sp³-hybridized carbons (Fsp3) is 0.391. The fourth-order valence-corrected chi connectivity index (χ4v) is 3.93. The first-order valence-electron chi connectivity index (χ1n) is 10.4. The zero-order chi connectivity index (χ0) is 22.0. The standard InChI is InChI=1S/C23H26N2O6/c1-16(2)21-29-25(31-30-21)19-10-8-17(9-11-19)20(26)24-14-12-23(13-15-24,22(27)28)18-6-4-3-5-7-18/h3-11,16,21H,12-15H2,1-2H3,(H,27,28). The number of carboxylic acid groups (broad SMARTS) is 1. The molecule has 0 saturated carbocycles. The van der Waals surface area contributed by atoms with Gasteiger partial charge in [-0.05, 0) is 42.7 Å². The van der Waals surface area contributed by atoms with Crippen molar-refractivity contribution in [2.45, 2.75) is 38.4 Å². The van der Waals surface area contributed by atoms with E-state index in [0.29, 0.717) is 37.2 Å². The molecule has 0 bridgehead atoms. The maximum atomic E-state index is 13.0. The number of benzene rings is 2. The van der Waals surface area contributed by atoms with Gasteiger partial charge in [-0.25, -0.2) is 4.84 Å². The van der Waals surface area contributed by atoms with Crippen LogP contribution in [0.2, 0.25) is 0 Å². The van der Waals surface area contributed by atoms with Crippen molar-refractivity contribution in [3.8, 4) is 0 Å². The zero-order valence-electron chi connectivity index (χ0n) is 17.6. The van der Waals surface area contributed by atoms with Crippen LogP contribution in [0.15, 0.2) is 54.6 Å². The van der Waals surface area contributed by atoms with Crippen LogP contribution < -0.4 is 5.23 Å². The van der Waals surface area contributed by atoms with Crippen LogP contribution >= 0.6 is 0 Å². The third-order valence-electron chi connectivity index (χ3n) is 5.91. The van der Waals surface area contributed by atoms with E-state index in [1.165, 1.54) is 5.23 Å².